The zero-order valence-electron chi connectivity index (χ0n) is 6.56. The van der Waals surface area contributed by atoms with Gasteiger partial charge < -0.3 is 4.74 Å². The Labute approximate surface area is 87.9 Å². The summed E-state index contributed by atoms with van der Waals surface area (Å²) in [5.41, 5.74) is 0.944. The summed E-state index contributed by atoms with van der Waals surface area (Å²) in [5.74, 6) is 0.317. The minimum Gasteiger partial charge on any atom is -0.422 e. The fourth-order valence-electron chi connectivity index (χ4n) is 1.01. The summed E-state index contributed by atoms with van der Waals surface area (Å²) < 4.78 is 5.49. The van der Waals surface area contributed by atoms with Gasteiger partial charge in [0.2, 0.25) is 0 Å². The van der Waals surface area contributed by atoms with Crippen LogP contribution in [0, 0.1) is 0 Å². The van der Waals surface area contributed by atoms with Crippen LogP contribution in [0.4, 0.5) is 0 Å². The van der Waals surface area contributed by atoms with E-state index < -0.39 is 0 Å². The van der Waals surface area contributed by atoms with E-state index >= 15 is 0 Å². The average Bonchev–Trinajstić information content (AvgIpc) is 2.33. The maximum atomic E-state index is 11.0. The Morgan fingerprint density at radius 2 is 2.25 bits per heavy atom. The van der Waals surface area contributed by atoms with Crippen LogP contribution < -0.4 is 0 Å². The van der Waals surface area contributed by atoms with Crippen molar-refractivity contribution in [3.05, 3.63) is 20.8 Å². The van der Waals surface area contributed by atoms with Crippen LogP contribution in [-0.4, -0.2) is 5.97 Å². The number of carbonyl (C=O) groups is 1. The van der Waals surface area contributed by atoms with Crippen LogP contribution in [-0.2, 0) is 9.53 Å². The molecule has 0 aliphatic carbocycles. The monoisotopic (exact) mass is 294 g/mol. The van der Waals surface area contributed by atoms with E-state index in [1.165, 1.54) is 0 Å². The van der Waals surface area contributed by atoms with Crippen LogP contribution in [0.25, 0.3) is 0 Å². The molecule has 0 saturated carbocycles. The number of esters is 1. The van der Waals surface area contributed by atoms with E-state index in [1.54, 1.807) is 4.99 Å². The first-order chi connectivity index (χ1) is 5.70. The number of rotatable bonds is 2. The summed E-state index contributed by atoms with van der Waals surface area (Å²) in [6, 6.07) is 0. The highest BCUT2D eigenvalue weighted by Crippen LogP contribution is 2.33. The van der Waals surface area contributed by atoms with Crippen molar-refractivity contribution in [2.75, 3.05) is 0 Å². The lowest BCUT2D eigenvalue weighted by Gasteiger charge is -1.99. The van der Waals surface area contributed by atoms with Gasteiger partial charge in [-0.3, -0.25) is 0 Å². The molecule has 0 aromatic heterocycles. The number of allylic oxidation sites excluding steroid dienone is 1. The molecule has 0 N–H and O–H groups in total. The first-order valence-corrected chi connectivity index (χ1v) is 5.33. The number of hydrogen-bond donors (Lipinski definition) is 0. The fraction of sp³-hybridized carbons (Fsp3) is 0.375. The van der Waals surface area contributed by atoms with Crippen molar-refractivity contribution in [2.24, 2.45) is 0 Å². The number of halogens is 2. The Bertz CT molecular complexity index is 266. The Hall–Kier alpha value is -0.0900. The minimum atomic E-state index is -0.302. The second kappa shape index (κ2) is 4.23. The Balaban J connectivity index is 2.95. The number of hydrogen-bond acceptors (Lipinski definition) is 2. The molecule has 0 saturated heterocycles. The second-order valence-corrected chi connectivity index (χ2v) is 3.66. The topological polar surface area (TPSA) is 26.3 Å². The molecule has 4 heteroatoms. The van der Waals surface area contributed by atoms with E-state index in [4.69, 9.17) is 4.74 Å². The largest absolute Gasteiger partial charge is 0.422 e. The maximum Gasteiger partial charge on any atom is 0.351 e. The molecule has 0 unspecified atom stereocenters. The van der Waals surface area contributed by atoms with Crippen LogP contribution in [0.1, 0.15) is 19.8 Å². The number of carbonyl (C=O) groups excluding carboxylic acids is 1. The van der Waals surface area contributed by atoms with Crippen molar-refractivity contribution in [1.82, 2.24) is 0 Å². The van der Waals surface area contributed by atoms with Gasteiger partial charge in [0.15, 0.2) is 0 Å². The van der Waals surface area contributed by atoms with E-state index in [9.17, 15) is 4.79 Å². The van der Waals surface area contributed by atoms with Gasteiger partial charge in [-0.2, -0.15) is 0 Å². The van der Waals surface area contributed by atoms with Crippen molar-refractivity contribution in [2.45, 2.75) is 19.8 Å². The SMILES string of the molecule is CCCC1=C(Br)C(=O)O/C1=C\Br. The van der Waals surface area contributed by atoms with Crippen LogP contribution in [0.5, 0.6) is 0 Å². The molecule has 0 radical (unpaired) electrons. The van der Waals surface area contributed by atoms with Crippen molar-refractivity contribution < 1.29 is 9.53 Å². The molecule has 2 nitrogen and oxygen atoms in total. The van der Waals surface area contributed by atoms with E-state index in [1.807, 2.05) is 0 Å². The lowest BCUT2D eigenvalue weighted by molar-refractivity contribution is -0.132. The third kappa shape index (κ3) is 1.80. The number of ether oxygens (including phenoxy) is 1. The molecule has 0 spiro atoms. The molecule has 0 aromatic rings. The highest BCUT2D eigenvalue weighted by molar-refractivity contribution is 9.12. The summed E-state index contributed by atoms with van der Waals surface area (Å²) in [6.45, 7) is 2.06. The van der Waals surface area contributed by atoms with Gasteiger partial charge in [0.05, 0.1) is 0 Å². The molecule has 1 heterocycles. The van der Waals surface area contributed by atoms with Gasteiger partial charge in [-0.15, -0.1) is 0 Å². The molecule has 66 valence electrons. The van der Waals surface area contributed by atoms with Crippen molar-refractivity contribution in [3.63, 3.8) is 0 Å². The minimum absolute atomic E-state index is 0.302. The van der Waals surface area contributed by atoms with E-state index in [0.29, 0.717) is 10.2 Å². The molecule has 0 bridgehead atoms. The molecule has 0 amide bonds. The van der Waals surface area contributed by atoms with Gasteiger partial charge in [-0.05, 0) is 22.4 Å². The van der Waals surface area contributed by atoms with E-state index in [2.05, 4.69) is 38.8 Å². The zero-order valence-corrected chi connectivity index (χ0v) is 9.74. The lowest BCUT2D eigenvalue weighted by atomic mass is 10.1. The zero-order chi connectivity index (χ0) is 9.14. The quantitative estimate of drug-likeness (QED) is 0.731. The van der Waals surface area contributed by atoms with Crippen LogP contribution in [0.2, 0.25) is 0 Å². The van der Waals surface area contributed by atoms with Gasteiger partial charge in [0.1, 0.15) is 10.2 Å². The Morgan fingerprint density at radius 1 is 1.58 bits per heavy atom. The highest BCUT2D eigenvalue weighted by Gasteiger charge is 2.26. The molecule has 0 fully saturated rings. The molecule has 12 heavy (non-hydrogen) atoms. The molecule has 0 aromatic carbocycles. The summed E-state index contributed by atoms with van der Waals surface area (Å²) in [6.07, 6.45) is 1.84. The standard InChI is InChI=1S/C8H8Br2O2/c1-2-3-5-6(4-9)12-8(11)7(5)10/h4H,2-3H2,1H3/b6-4-. The van der Waals surface area contributed by atoms with Gasteiger partial charge in [-0.25, -0.2) is 4.79 Å². The van der Waals surface area contributed by atoms with Crippen LogP contribution >= 0.6 is 31.9 Å². The molecule has 0 atom stereocenters. The van der Waals surface area contributed by atoms with E-state index in [-0.39, 0.29) is 5.97 Å². The molecule has 1 aliphatic rings. The smallest absolute Gasteiger partial charge is 0.351 e. The first kappa shape index (κ1) is 9.99. The third-order valence-electron chi connectivity index (χ3n) is 1.54. The van der Waals surface area contributed by atoms with Crippen molar-refractivity contribution >= 4 is 37.8 Å². The fourth-order valence-corrected chi connectivity index (χ4v) is 1.85. The predicted octanol–water partition coefficient (Wildman–Crippen LogP) is 3.23. The normalized spacial score (nSPS) is 20.6. The molecule has 1 rings (SSSR count). The summed E-state index contributed by atoms with van der Waals surface area (Å²) in [5, 5.41) is 0. The summed E-state index contributed by atoms with van der Waals surface area (Å²) >= 11 is 6.34. The van der Waals surface area contributed by atoms with Crippen molar-refractivity contribution in [1.29, 1.82) is 0 Å². The van der Waals surface area contributed by atoms with Gasteiger partial charge in [0.25, 0.3) is 0 Å². The van der Waals surface area contributed by atoms with E-state index in [0.717, 1.165) is 18.4 Å². The first-order valence-electron chi connectivity index (χ1n) is 3.62. The van der Waals surface area contributed by atoms with Gasteiger partial charge in [0, 0.05) is 10.6 Å². The van der Waals surface area contributed by atoms with Crippen molar-refractivity contribution in [3.8, 4) is 0 Å². The Kier molecular flexibility index (Phi) is 3.53. The highest BCUT2D eigenvalue weighted by atomic mass is 79.9. The second-order valence-electron chi connectivity index (χ2n) is 2.41. The average molecular weight is 296 g/mol. The van der Waals surface area contributed by atoms with Crippen LogP contribution in [0.3, 0.4) is 0 Å². The van der Waals surface area contributed by atoms with Gasteiger partial charge in [-0.1, -0.05) is 29.3 Å². The number of cyclic esters (lactones) is 1. The Morgan fingerprint density at radius 3 is 2.75 bits per heavy atom. The summed E-state index contributed by atoms with van der Waals surface area (Å²) in [4.78, 5) is 12.7. The molecular formula is C8H8Br2O2. The predicted molar refractivity (Wildman–Crippen MR) is 54.0 cm³/mol. The maximum absolute atomic E-state index is 11.0. The van der Waals surface area contributed by atoms with Gasteiger partial charge >= 0.3 is 5.97 Å². The molecule has 1 aliphatic heterocycles. The molecular weight excluding hydrogens is 288 g/mol. The van der Waals surface area contributed by atoms with Crippen LogP contribution in [0.15, 0.2) is 20.8 Å². The summed E-state index contributed by atoms with van der Waals surface area (Å²) in [7, 11) is 0. The third-order valence-corrected chi connectivity index (χ3v) is 2.76. The lowest BCUT2D eigenvalue weighted by Crippen LogP contribution is -1.92.